The molecule has 1 saturated heterocycles. The van der Waals surface area contributed by atoms with Gasteiger partial charge in [-0.25, -0.2) is 0 Å². The number of nitrogens with zero attached hydrogens (tertiary/aromatic N) is 1. The summed E-state index contributed by atoms with van der Waals surface area (Å²) in [5.41, 5.74) is 1.07. The van der Waals surface area contributed by atoms with Gasteiger partial charge in [-0.1, -0.05) is 51.1 Å². The Kier molecular flexibility index (Phi) is 4.99. The monoisotopic (exact) mass is 288 g/mol. The summed E-state index contributed by atoms with van der Waals surface area (Å²) >= 11 is 0. The van der Waals surface area contributed by atoms with E-state index in [-0.39, 0.29) is 17.9 Å². The molecule has 4 nitrogen and oxygen atoms in total. The molecule has 2 amide bonds. The molecule has 1 aliphatic rings. The summed E-state index contributed by atoms with van der Waals surface area (Å²) < 4.78 is 0. The molecule has 2 unspecified atom stereocenters. The predicted molar refractivity (Wildman–Crippen MR) is 82.7 cm³/mol. The van der Waals surface area contributed by atoms with Gasteiger partial charge in [-0.3, -0.25) is 9.59 Å². The molecule has 114 valence electrons. The molecule has 0 aliphatic carbocycles. The van der Waals surface area contributed by atoms with Crippen molar-refractivity contribution in [2.75, 3.05) is 6.54 Å². The number of carbonyl (C=O) groups excluding carboxylic acids is 2. The van der Waals surface area contributed by atoms with E-state index in [9.17, 15) is 9.59 Å². The van der Waals surface area contributed by atoms with Gasteiger partial charge in [-0.05, 0) is 17.9 Å². The van der Waals surface area contributed by atoms with Crippen molar-refractivity contribution in [2.24, 2.45) is 5.92 Å². The minimum atomic E-state index is -0.443. The van der Waals surface area contributed by atoms with Crippen LogP contribution in [0.25, 0.3) is 0 Å². The summed E-state index contributed by atoms with van der Waals surface area (Å²) in [6, 6.07) is 9.05. The van der Waals surface area contributed by atoms with Crippen LogP contribution in [0, 0.1) is 5.92 Å². The molecule has 1 fully saturated rings. The SMILES string of the molecule is CCC1C(=O)NC(Cc2ccccc2)C(=O)N1CC(C)C. The van der Waals surface area contributed by atoms with Gasteiger partial charge in [0.25, 0.3) is 0 Å². The Balaban J connectivity index is 2.16. The van der Waals surface area contributed by atoms with Crippen LogP contribution in [-0.2, 0) is 16.0 Å². The Hall–Kier alpha value is -1.84. The third kappa shape index (κ3) is 3.63. The minimum absolute atomic E-state index is 0.0290. The lowest BCUT2D eigenvalue weighted by atomic mass is 9.98. The quantitative estimate of drug-likeness (QED) is 0.901. The highest BCUT2D eigenvalue weighted by molar-refractivity contribution is 5.97. The zero-order valence-electron chi connectivity index (χ0n) is 13.0. The van der Waals surface area contributed by atoms with Crippen molar-refractivity contribution in [3.05, 3.63) is 35.9 Å². The van der Waals surface area contributed by atoms with E-state index in [0.717, 1.165) is 5.56 Å². The highest BCUT2D eigenvalue weighted by Crippen LogP contribution is 2.17. The summed E-state index contributed by atoms with van der Waals surface area (Å²) in [6.07, 6.45) is 1.21. The fourth-order valence-corrected chi connectivity index (χ4v) is 2.83. The van der Waals surface area contributed by atoms with Crippen LogP contribution in [0.3, 0.4) is 0 Å². The van der Waals surface area contributed by atoms with Crippen molar-refractivity contribution >= 4 is 11.8 Å². The van der Waals surface area contributed by atoms with Crippen LogP contribution in [0.5, 0.6) is 0 Å². The molecule has 0 aromatic heterocycles. The van der Waals surface area contributed by atoms with Crippen molar-refractivity contribution in [3.63, 3.8) is 0 Å². The Bertz CT molecular complexity index is 499. The maximum absolute atomic E-state index is 12.7. The third-order valence-electron chi connectivity index (χ3n) is 3.81. The number of carbonyl (C=O) groups is 2. The second kappa shape index (κ2) is 6.74. The van der Waals surface area contributed by atoms with Crippen LogP contribution in [0.1, 0.15) is 32.8 Å². The Morgan fingerprint density at radius 2 is 1.86 bits per heavy atom. The highest BCUT2D eigenvalue weighted by atomic mass is 16.2. The number of piperazine rings is 1. The smallest absolute Gasteiger partial charge is 0.246 e. The predicted octanol–water partition coefficient (Wildman–Crippen LogP) is 1.99. The molecule has 1 heterocycles. The standard InChI is InChI=1S/C17H24N2O2/c1-4-15-16(20)18-14(10-13-8-6-5-7-9-13)17(21)19(15)11-12(2)3/h5-9,12,14-15H,4,10-11H2,1-3H3,(H,18,20). The van der Waals surface area contributed by atoms with E-state index in [1.807, 2.05) is 37.3 Å². The number of nitrogens with one attached hydrogen (secondary N) is 1. The summed E-state index contributed by atoms with van der Waals surface area (Å²) in [5, 5.41) is 2.89. The number of rotatable bonds is 5. The van der Waals surface area contributed by atoms with Crippen molar-refractivity contribution < 1.29 is 9.59 Å². The van der Waals surface area contributed by atoms with Gasteiger partial charge < -0.3 is 10.2 Å². The fourth-order valence-electron chi connectivity index (χ4n) is 2.83. The molecule has 2 rings (SSSR count). The van der Waals surface area contributed by atoms with E-state index < -0.39 is 6.04 Å². The molecule has 1 aromatic rings. The second-order valence-electron chi connectivity index (χ2n) is 6.06. The van der Waals surface area contributed by atoms with Gasteiger partial charge in [-0.15, -0.1) is 0 Å². The van der Waals surface area contributed by atoms with E-state index >= 15 is 0 Å². The first kappa shape index (κ1) is 15.5. The highest BCUT2D eigenvalue weighted by Gasteiger charge is 2.39. The average Bonchev–Trinajstić information content (AvgIpc) is 2.45. The van der Waals surface area contributed by atoms with Gasteiger partial charge in [0, 0.05) is 13.0 Å². The third-order valence-corrected chi connectivity index (χ3v) is 3.81. The molecule has 1 N–H and O–H groups in total. The van der Waals surface area contributed by atoms with Crippen molar-refractivity contribution in [1.82, 2.24) is 10.2 Å². The zero-order valence-corrected chi connectivity index (χ0v) is 13.0. The van der Waals surface area contributed by atoms with Crippen molar-refractivity contribution in [3.8, 4) is 0 Å². The number of hydrogen-bond donors (Lipinski definition) is 1. The first-order chi connectivity index (χ1) is 10.0. The van der Waals surface area contributed by atoms with Crippen LogP contribution in [0.15, 0.2) is 30.3 Å². The Morgan fingerprint density at radius 1 is 1.19 bits per heavy atom. The summed E-state index contributed by atoms with van der Waals surface area (Å²) in [6.45, 7) is 6.72. The Labute approximate surface area is 126 Å². The van der Waals surface area contributed by atoms with Gasteiger partial charge in [0.15, 0.2) is 0 Å². The lowest BCUT2D eigenvalue weighted by molar-refractivity contribution is -0.150. The largest absolute Gasteiger partial charge is 0.342 e. The average molecular weight is 288 g/mol. The van der Waals surface area contributed by atoms with E-state index in [1.54, 1.807) is 4.90 Å². The van der Waals surface area contributed by atoms with Crippen LogP contribution >= 0.6 is 0 Å². The van der Waals surface area contributed by atoms with Crippen molar-refractivity contribution in [1.29, 1.82) is 0 Å². The molecule has 0 spiro atoms. The van der Waals surface area contributed by atoms with Gasteiger partial charge >= 0.3 is 0 Å². The normalized spacial score (nSPS) is 22.6. The molecular formula is C17H24N2O2. The number of amides is 2. The van der Waals surface area contributed by atoms with Crippen LogP contribution < -0.4 is 5.32 Å². The molecule has 0 saturated carbocycles. The topological polar surface area (TPSA) is 49.4 Å². The molecule has 4 heteroatoms. The van der Waals surface area contributed by atoms with Crippen LogP contribution in [0.2, 0.25) is 0 Å². The van der Waals surface area contributed by atoms with Gasteiger partial charge in [0.05, 0.1) is 0 Å². The zero-order chi connectivity index (χ0) is 15.4. The Morgan fingerprint density at radius 3 is 2.43 bits per heavy atom. The summed E-state index contributed by atoms with van der Waals surface area (Å²) in [4.78, 5) is 26.7. The fraction of sp³-hybridized carbons (Fsp3) is 0.529. The molecular weight excluding hydrogens is 264 g/mol. The van der Waals surface area contributed by atoms with Crippen LogP contribution in [-0.4, -0.2) is 35.3 Å². The second-order valence-corrected chi connectivity index (χ2v) is 6.06. The summed E-state index contributed by atoms with van der Waals surface area (Å²) in [5.74, 6) is 0.365. The minimum Gasteiger partial charge on any atom is -0.342 e. The molecule has 0 bridgehead atoms. The lowest BCUT2D eigenvalue weighted by Gasteiger charge is -2.39. The van der Waals surface area contributed by atoms with Crippen molar-refractivity contribution in [2.45, 2.75) is 45.7 Å². The van der Waals surface area contributed by atoms with Crippen LogP contribution in [0.4, 0.5) is 0 Å². The first-order valence-corrected chi connectivity index (χ1v) is 7.67. The summed E-state index contributed by atoms with van der Waals surface area (Å²) in [7, 11) is 0. The number of benzene rings is 1. The van der Waals surface area contributed by atoms with E-state index in [0.29, 0.717) is 25.3 Å². The molecule has 1 aliphatic heterocycles. The molecule has 0 radical (unpaired) electrons. The first-order valence-electron chi connectivity index (χ1n) is 7.67. The number of hydrogen-bond acceptors (Lipinski definition) is 2. The molecule has 1 aromatic carbocycles. The van der Waals surface area contributed by atoms with Gasteiger partial charge in [-0.2, -0.15) is 0 Å². The van der Waals surface area contributed by atoms with E-state index in [4.69, 9.17) is 0 Å². The lowest BCUT2D eigenvalue weighted by Crippen LogP contribution is -2.64. The van der Waals surface area contributed by atoms with Gasteiger partial charge in [0.1, 0.15) is 12.1 Å². The molecule has 2 atom stereocenters. The maximum atomic E-state index is 12.7. The van der Waals surface area contributed by atoms with Gasteiger partial charge in [0.2, 0.25) is 11.8 Å². The maximum Gasteiger partial charge on any atom is 0.246 e. The molecule has 21 heavy (non-hydrogen) atoms. The van der Waals surface area contributed by atoms with E-state index in [2.05, 4.69) is 19.2 Å². The van der Waals surface area contributed by atoms with E-state index in [1.165, 1.54) is 0 Å².